The number of carbonyl (C=O) groups excluding carboxylic acids is 1. The maximum Gasteiger partial charge on any atom is 0.238 e. The molecule has 0 aliphatic carbocycles. The zero-order chi connectivity index (χ0) is 13.1. The molecule has 1 aromatic carbocycles. The van der Waals surface area contributed by atoms with Crippen molar-refractivity contribution in [1.29, 1.82) is 0 Å². The van der Waals surface area contributed by atoms with E-state index in [0.717, 1.165) is 6.08 Å². The van der Waals surface area contributed by atoms with Crippen LogP contribution in [0.5, 0.6) is 0 Å². The van der Waals surface area contributed by atoms with Crippen molar-refractivity contribution in [2.75, 3.05) is 0 Å². The van der Waals surface area contributed by atoms with E-state index in [9.17, 15) is 17.6 Å². The summed E-state index contributed by atoms with van der Waals surface area (Å²) in [5.74, 6) is 0. The van der Waals surface area contributed by atoms with Crippen LogP contribution < -0.4 is 0 Å². The van der Waals surface area contributed by atoms with E-state index in [-0.39, 0.29) is 10.5 Å². The maximum atomic E-state index is 13.1. The highest BCUT2D eigenvalue weighted by Gasteiger charge is 2.19. The summed E-state index contributed by atoms with van der Waals surface area (Å²) in [6.07, 6.45) is -0.692. The molecule has 92 valence electrons. The summed E-state index contributed by atoms with van der Waals surface area (Å²) in [6, 6.07) is 5.19. The second-order valence-corrected chi connectivity index (χ2v) is 6.22. The van der Waals surface area contributed by atoms with E-state index < -0.39 is 21.4 Å². The van der Waals surface area contributed by atoms with Gasteiger partial charge in [0.1, 0.15) is 0 Å². The quantitative estimate of drug-likeness (QED) is 0.471. The third kappa shape index (κ3) is 2.99. The number of hydrogen-bond donors (Lipinski definition) is 0. The summed E-state index contributed by atoms with van der Waals surface area (Å²) < 4.78 is 36.7. The number of sulfone groups is 1. The SMILES string of the molecule is CC(C)S(=O)(=O)c1ccc(C(F)N=C=O)cc1. The number of benzene rings is 1. The summed E-state index contributed by atoms with van der Waals surface area (Å²) in [7, 11) is -3.36. The van der Waals surface area contributed by atoms with Gasteiger partial charge in [-0.3, -0.25) is 0 Å². The molecule has 0 heterocycles. The largest absolute Gasteiger partial charge is 0.238 e. The van der Waals surface area contributed by atoms with Gasteiger partial charge < -0.3 is 0 Å². The van der Waals surface area contributed by atoms with Crippen LogP contribution in [0.3, 0.4) is 0 Å². The van der Waals surface area contributed by atoms with Crippen molar-refractivity contribution in [3.05, 3.63) is 29.8 Å². The predicted octanol–water partition coefficient (Wildman–Crippen LogP) is 2.17. The molecule has 4 nitrogen and oxygen atoms in total. The fraction of sp³-hybridized carbons (Fsp3) is 0.364. The Bertz CT molecular complexity index is 530. The van der Waals surface area contributed by atoms with Crippen LogP contribution in [0.2, 0.25) is 0 Å². The number of isocyanates is 1. The first kappa shape index (κ1) is 13.5. The summed E-state index contributed by atoms with van der Waals surface area (Å²) in [4.78, 5) is 12.9. The van der Waals surface area contributed by atoms with Gasteiger partial charge in [0, 0.05) is 5.56 Å². The molecule has 0 amide bonds. The standard InChI is InChI=1S/C11H12FNO3S/c1-8(2)17(15,16)10-5-3-9(4-6-10)11(12)13-7-14/h3-6,8,11H,1-2H3. The summed E-state index contributed by atoms with van der Waals surface area (Å²) in [5.41, 5.74) is 0.121. The predicted molar refractivity (Wildman–Crippen MR) is 60.7 cm³/mol. The summed E-state index contributed by atoms with van der Waals surface area (Å²) in [5, 5.41) is -0.539. The van der Waals surface area contributed by atoms with Crippen molar-refractivity contribution < 1.29 is 17.6 Å². The van der Waals surface area contributed by atoms with E-state index in [1.165, 1.54) is 24.3 Å². The number of hydrogen-bond acceptors (Lipinski definition) is 4. The van der Waals surface area contributed by atoms with Crippen LogP contribution in [0.15, 0.2) is 34.2 Å². The van der Waals surface area contributed by atoms with Gasteiger partial charge in [0.05, 0.1) is 10.1 Å². The molecule has 0 bridgehead atoms. The Morgan fingerprint density at radius 1 is 1.24 bits per heavy atom. The first-order valence-corrected chi connectivity index (χ1v) is 6.49. The molecule has 0 aliphatic rings. The molecule has 17 heavy (non-hydrogen) atoms. The Hall–Kier alpha value is -1.52. The number of nitrogens with zero attached hydrogens (tertiary/aromatic N) is 1. The zero-order valence-electron chi connectivity index (χ0n) is 9.42. The lowest BCUT2D eigenvalue weighted by molar-refractivity contribution is 0.356. The third-order valence-corrected chi connectivity index (χ3v) is 4.44. The number of halogens is 1. The molecular weight excluding hydrogens is 245 g/mol. The van der Waals surface area contributed by atoms with E-state index in [1.54, 1.807) is 13.8 Å². The number of alkyl halides is 1. The smallest absolute Gasteiger partial charge is 0.223 e. The molecule has 1 aromatic rings. The topological polar surface area (TPSA) is 63.6 Å². The van der Waals surface area contributed by atoms with Crippen molar-refractivity contribution in [2.24, 2.45) is 4.99 Å². The molecule has 0 fully saturated rings. The lowest BCUT2D eigenvalue weighted by Gasteiger charge is -2.08. The van der Waals surface area contributed by atoms with Gasteiger partial charge in [-0.2, -0.15) is 4.99 Å². The molecule has 6 heteroatoms. The summed E-state index contributed by atoms with van der Waals surface area (Å²) in [6.45, 7) is 3.13. The molecule has 0 aromatic heterocycles. The average molecular weight is 257 g/mol. The van der Waals surface area contributed by atoms with Crippen molar-refractivity contribution in [3.8, 4) is 0 Å². The Labute approximate surface area is 99.1 Å². The van der Waals surface area contributed by atoms with Crippen LogP contribution in [0.25, 0.3) is 0 Å². The van der Waals surface area contributed by atoms with Crippen molar-refractivity contribution in [3.63, 3.8) is 0 Å². The summed E-state index contributed by atoms with van der Waals surface area (Å²) >= 11 is 0. The minimum absolute atomic E-state index is 0.121. The van der Waals surface area contributed by atoms with Gasteiger partial charge in [-0.15, -0.1) is 0 Å². The lowest BCUT2D eigenvalue weighted by atomic mass is 10.2. The second kappa shape index (κ2) is 5.21. The molecule has 0 aliphatic heterocycles. The van der Waals surface area contributed by atoms with E-state index in [0.29, 0.717) is 0 Å². The molecule has 0 saturated heterocycles. The zero-order valence-corrected chi connectivity index (χ0v) is 10.2. The van der Waals surface area contributed by atoms with Crippen molar-refractivity contribution in [1.82, 2.24) is 0 Å². The highest BCUT2D eigenvalue weighted by atomic mass is 32.2. The molecular formula is C11H12FNO3S. The van der Waals surface area contributed by atoms with Gasteiger partial charge in [0.15, 0.2) is 9.84 Å². The molecule has 0 spiro atoms. The van der Waals surface area contributed by atoms with E-state index in [1.807, 2.05) is 0 Å². The molecule has 0 N–H and O–H groups in total. The average Bonchev–Trinajstić information content (AvgIpc) is 2.29. The lowest BCUT2D eigenvalue weighted by Crippen LogP contribution is -2.13. The fourth-order valence-corrected chi connectivity index (χ4v) is 2.27. The van der Waals surface area contributed by atoms with Gasteiger partial charge in [-0.05, 0) is 26.0 Å². The highest BCUT2D eigenvalue weighted by molar-refractivity contribution is 7.92. The van der Waals surface area contributed by atoms with Gasteiger partial charge in [0.2, 0.25) is 12.4 Å². The minimum atomic E-state index is -3.36. The maximum absolute atomic E-state index is 13.1. The van der Waals surface area contributed by atoms with Crippen molar-refractivity contribution in [2.45, 2.75) is 30.3 Å². The van der Waals surface area contributed by atoms with Gasteiger partial charge in [-0.25, -0.2) is 17.6 Å². The molecule has 1 unspecified atom stereocenters. The van der Waals surface area contributed by atoms with Crippen LogP contribution in [0, 0.1) is 0 Å². The van der Waals surface area contributed by atoms with Crippen molar-refractivity contribution >= 4 is 15.9 Å². The molecule has 1 atom stereocenters. The van der Waals surface area contributed by atoms with Crippen LogP contribution in [0.4, 0.5) is 4.39 Å². The Morgan fingerprint density at radius 2 is 1.76 bits per heavy atom. The van der Waals surface area contributed by atoms with Gasteiger partial charge in [0.25, 0.3) is 0 Å². The normalized spacial score (nSPS) is 13.2. The van der Waals surface area contributed by atoms with Crippen LogP contribution >= 0.6 is 0 Å². The number of rotatable bonds is 4. The first-order valence-electron chi connectivity index (χ1n) is 4.94. The van der Waals surface area contributed by atoms with E-state index in [4.69, 9.17) is 0 Å². The second-order valence-electron chi connectivity index (χ2n) is 3.72. The number of aliphatic imine (C=N–C) groups is 1. The molecule has 1 rings (SSSR count). The minimum Gasteiger partial charge on any atom is -0.223 e. The monoisotopic (exact) mass is 257 g/mol. The highest BCUT2D eigenvalue weighted by Crippen LogP contribution is 2.22. The molecule has 0 radical (unpaired) electrons. The van der Waals surface area contributed by atoms with E-state index in [2.05, 4.69) is 4.99 Å². The molecule has 0 saturated carbocycles. The first-order chi connectivity index (χ1) is 7.89. The Kier molecular flexibility index (Phi) is 4.15. The Morgan fingerprint density at radius 3 is 2.18 bits per heavy atom. The van der Waals surface area contributed by atoms with Gasteiger partial charge >= 0.3 is 0 Å². The third-order valence-electron chi connectivity index (χ3n) is 2.27. The van der Waals surface area contributed by atoms with Crippen LogP contribution in [-0.2, 0) is 14.6 Å². The van der Waals surface area contributed by atoms with E-state index >= 15 is 0 Å². The van der Waals surface area contributed by atoms with Crippen LogP contribution in [0.1, 0.15) is 25.7 Å². The van der Waals surface area contributed by atoms with Gasteiger partial charge in [-0.1, -0.05) is 12.1 Å². The Balaban J connectivity index is 3.08. The van der Waals surface area contributed by atoms with Crippen LogP contribution in [-0.4, -0.2) is 19.7 Å². The fourth-order valence-electron chi connectivity index (χ4n) is 1.21.